The summed E-state index contributed by atoms with van der Waals surface area (Å²) in [6.07, 6.45) is 3.27. The van der Waals surface area contributed by atoms with Crippen molar-refractivity contribution < 1.29 is 18.7 Å². The molecule has 3 aromatic rings. The Bertz CT molecular complexity index is 1440. The zero-order valence-corrected chi connectivity index (χ0v) is 22.6. The number of benzene rings is 1. The average Bonchev–Trinajstić information content (AvgIpc) is 2.91. The largest absolute Gasteiger partial charge is 0.478 e. The number of fused-ring (bicyclic) bond motifs is 1. The smallest absolute Gasteiger partial charge is 0.337 e. The number of rotatable bonds is 6. The molecule has 2 fully saturated rings. The van der Waals surface area contributed by atoms with Crippen LogP contribution in [0.3, 0.4) is 0 Å². The maximum atomic E-state index is 13.6. The van der Waals surface area contributed by atoms with Crippen molar-refractivity contribution >= 4 is 23.1 Å². The minimum atomic E-state index is -2.55. The maximum Gasteiger partial charge on any atom is 0.337 e. The van der Waals surface area contributed by atoms with Crippen molar-refractivity contribution in [1.82, 2.24) is 14.3 Å². The Labute approximate surface area is 226 Å². The third kappa shape index (κ3) is 5.48. The first-order valence-electron chi connectivity index (χ1n) is 13.5. The molecule has 2 saturated heterocycles. The van der Waals surface area contributed by atoms with Gasteiger partial charge in [0.05, 0.1) is 17.2 Å². The average molecular weight is 540 g/mol. The summed E-state index contributed by atoms with van der Waals surface area (Å²) in [5, 5.41) is 12.9. The van der Waals surface area contributed by atoms with E-state index < -0.39 is 11.9 Å². The van der Waals surface area contributed by atoms with E-state index in [4.69, 9.17) is 4.98 Å². The van der Waals surface area contributed by atoms with Crippen molar-refractivity contribution in [2.24, 2.45) is 0 Å². The molecule has 0 amide bonds. The topological polar surface area (TPSA) is 90.2 Å². The third-order valence-electron chi connectivity index (χ3n) is 8.10. The van der Waals surface area contributed by atoms with Gasteiger partial charge in [-0.1, -0.05) is 12.1 Å². The maximum absolute atomic E-state index is 13.6. The second kappa shape index (κ2) is 10.6. The molecule has 4 heterocycles. The SMILES string of the molecule is Cc1cc([C@@H](C)Nc2ccccc2C(=O)O)c2nc(N3CCC(N4CCC(F)(F)CC4)CC3)c(C)c(=O)n2c1. The summed E-state index contributed by atoms with van der Waals surface area (Å²) in [6, 6.07) is 8.64. The van der Waals surface area contributed by atoms with E-state index in [1.54, 1.807) is 41.8 Å². The van der Waals surface area contributed by atoms with Gasteiger partial charge in [-0.05, 0) is 57.4 Å². The van der Waals surface area contributed by atoms with Gasteiger partial charge in [0.15, 0.2) is 0 Å². The lowest BCUT2D eigenvalue weighted by atomic mass is 9.98. The highest BCUT2D eigenvalue weighted by Crippen LogP contribution is 2.32. The van der Waals surface area contributed by atoms with E-state index in [2.05, 4.69) is 15.1 Å². The van der Waals surface area contributed by atoms with Crippen LogP contribution in [0.4, 0.5) is 20.3 Å². The second-order valence-electron chi connectivity index (χ2n) is 10.9. The molecule has 0 spiro atoms. The number of aromatic carboxylic acids is 1. The Morgan fingerprint density at radius 2 is 1.79 bits per heavy atom. The molecular weight excluding hydrogens is 504 g/mol. The van der Waals surface area contributed by atoms with Gasteiger partial charge in [0.25, 0.3) is 11.5 Å². The number of nitrogens with one attached hydrogen (secondary N) is 1. The van der Waals surface area contributed by atoms with Crippen molar-refractivity contribution in [3.63, 3.8) is 0 Å². The van der Waals surface area contributed by atoms with Crippen LogP contribution in [0.25, 0.3) is 5.65 Å². The van der Waals surface area contributed by atoms with E-state index in [-0.39, 0.29) is 36.0 Å². The minimum absolute atomic E-state index is 0.0827. The number of carboxylic acid groups (broad SMARTS) is 1. The number of alkyl halides is 2. The molecule has 2 aliphatic heterocycles. The predicted octanol–water partition coefficient (Wildman–Crippen LogP) is 4.88. The van der Waals surface area contributed by atoms with Crippen LogP contribution in [0.1, 0.15) is 65.7 Å². The van der Waals surface area contributed by atoms with Gasteiger partial charge in [-0.3, -0.25) is 14.1 Å². The molecule has 0 aliphatic carbocycles. The molecule has 0 saturated carbocycles. The lowest BCUT2D eigenvalue weighted by Crippen LogP contribution is -2.50. The fraction of sp³-hybridized carbons (Fsp3) is 0.483. The van der Waals surface area contributed by atoms with Crippen LogP contribution in [-0.2, 0) is 0 Å². The predicted molar refractivity (Wildman–Crippen MR) is 147 cm³/mol. The number of pyridine rings is 1. The number of likely N-dealkylation sites (tertiary alicyclic amines) is 1. The molecule has 1 aromatic carbocycles. The van der Waals surface area contributed by atoms with Crippen molar-refractivity contribution in [2.45, 2.75) is 64.5 Å². The van der Waals surface area contributed by atoms with Gasteiger partial charge in [0.2, 0.25) is 0 Å². The summed E-state index contributed by atoms with van der Waals surface area (Å²) >= 11 is 0. The molecule has 8 nitrogen and oxygen atoms in total. The van der Waals surface area contributed by atoms with Crippen molar-refractivity contribution in [2.75, 3.05) is 36.4 Å². The standard InChI is InChI=1S/C29H35F2N5O3/c1-18-16-23(20(3)32-24-7-5-4-6-22(24)28(38)39)26-33-25(19(2)27(37)36(26)17-18)35-12-8-21(9-13-35)34-14-10-29(30,31)11-15-34/h4-7,16-17,20-21,32H,8-15H2,1-3H3,(H,38,39)/t20-/m1/s1. The molecule has 208 valence electrons. The quantitative estimate of drug-likeness (QED) is 0.461. The van der Waals surface area contributed by atoms with Gasteiger partial charge < -0.3 is 15.3 Å². The zero-order chi connectivity index (χ0) is 27.9. The summed E-state index contributed by atoms with van der Waals surface area (Å²) in [4.78, 5) is 34.6. The van der Waals surface area contributed by atoms with Crippen LogP contribution in [0.2, 0.25) is 0 Å². The number of carboxylic acids is 1. The lowest BCUT2D eigenvalue weighted by Gasteiger charge is -2.42. The molecule has 0 radical (unpaired) electrons. The molecule has 1 atom stereocenters. The van der Waals surface area contributed by atoms with Gasteiger partial charge in [-0.2, -0.15) is 0 Å². The number of anilines is 2. The third-order valence-corrected chi connectivity index (χ3v) is 8.10. The minimum Gasteiger partial charge on any atom is -0.478 e. The molecule has 39 heavy (non-hydrogen) atoms. The molecule has 2 aromatic heterocycles. The zero-order valence-electron chi connectivity index (χ0n) is 22.6. The van der Waals surface area contributed by atoms with Crippen molar-refractivity contribution in [3.05, 3.63) is 69.1 Å². The first-order chi connectivity index (χ1) is 18.5. The number of carbonyl (C=O) groups is 1. The van der Waals surface area contributed by atoms with Crippen LogP contribution in [0.5, 0.6) is 0 Å². The van der Waals surface area contributed by atoms with Crippen LogP contribution in [0, 0.1) is 13.8 Å². The number of hydrogen-bond donors (Lipinski definition) is 2. The van der Waals surface area contributed by atoms with Gasteiger partial charge in [-0.15, -0.1) is 0 Å². The molecule has 0 unspecified atom stereocenters. The van der Waals surface area contributed by atoms with Crippen LogP contribution < -0.4 is 15.8 Å². The lowest BCUT2D eigenvalue weighted by molar-refractivity contribution is -0.0646. The van der Waals surface area contributed by atoms with Gasteiger partial charge >= 0.3 is 5.97 Å². The highest BCUT2D eigenvalue weighted by atomic mass is 19.3. The summed E-state index contributed by atoms with van der Waals surface area (Å²) in [7, 11) is 0. The Hall–Kier alpha value is -3.53. The number of hydrogen-bond acceptors (Lipinski definition) is 6. The van der Waals surface area contributed by atoms with E-state index in [1.807, 2.05) is 19.9 Å². The van der Waals surface area contributed by atoms with Gasteiger partial charge in [0, 0.05) is 62.5 Å². The highest BCUT2D eigenvalue weighted by molar-refractivity contribution is 5.94. The van der Waals surface area contributed by atoms with Gasteiger partial charge in [0.1, 0.15) is 11.5 Å². The van der Waals surface area contributed by atoms with Crippen LogP contribution >= 0.6 is 0 Å². The summed E-state index contributed by atoms with van der Waals surface area (Å²) in [5.41, 5.74) is 3.29. The number of aryl methyl sites for hydroxylation is 1. The molecule has 2 N–H and O–H groups in total. The Kier molecular flexibility index (Phi) is 7.33. The van der Waals surface area contributed by atoms with Crippen LogP contribution in [-0.4, -0.2) is 63.5 Å². The van der Waals surface area contributed by atoms with E-state index in [0.29, 0.717) is 48.9 Å². The monoisotopic (exact) mass is 539 g/mol. The van der Waals surface area contributed by atoms with E-state index in [0.717, 1.165) is 24.0 Å². The number of piperidine rings is 2. The van der Waals surface area contributed by atoms with E-state index in [1.165, 1.54) is 0 Å². The first-order valence-corrected chi connectivity index (χ1v) is 13.5. The molecule has 10 heteroatoms. The van der Waals surface area contributed by atoms with Crippen LogP contribution in [0.15, 0.2) is 41.3 Å². The molecule has 2 aliphatic rings. The highest BCUT2D eigenvalue weighted by Gasteiger charge is 2.37. The van der Waals surface area contributed by atoms with E-state index in [9.17, 15) is 23.5 Å². The van der Waals surface area contributed by atoms with Crippen molar-refractivity contribution in [3.8, 4) is 0 Å². The Morgan fingerprint density at radius 3 is 2.46 bits per heavy atom. The normalized spacial score (nSPS) is 19.3. The van der Waals surface area contributed by atoms with Gasteiger partial charge in [-0.25, -0.2) is 18.6 Å². The molecular formula is C29H35F2N5O3. The summed E-state index contributed by atoms with van der Waals surface area (Å²) in [6.45, 7) is 7.87. The number of aromatic nitrogens is 2. The summed E-state index contributed by atoms with van der Waals surface area (Å²) < 4.78 is 28.8. The van der Waals surface area contributed by atoms with E-state index >= 15 is 0 Å². The Morgan fingerprint density at radius 1 is 1.13 bits per heavy atom. The number of halogens is 2. The Balaban J connectivity index is 1.43. The van der Waals surface area contributed by atoms with Crippen molar-refractivity contribution in [1.29, 1.82) is 0 Å². The fourth-order valence-corrected chi connectivity index (χ4v) is 5.88. The molecule has 0 bridgehead atoms. The number of nitrogens with zero attached hydrogens (tertiary/aromatic N) is 4. The summed E-state index contributed by atoms with van der Waals surface area (Å²) in [5.74, 6) is -2.93. The number of para-hydroxylation sites is 1. The first kappa shape index (κ1) is 27.1. The fourth-order valence-electron chi connectivity index (χ4n) is 5.88. The molecule has 5 rings (SSSR count). The second-order valence-corrected chi connectivity index (χ2v) is 10.9.